The normalized spacial score (nSPS) is 24.4. The monoisotopic (exact) mass is 398 g/mol. The Hall–Kier alpha value is -2.70. The second kappa shape index (κ2) is 8.35. The molecule has 154 valence electrons. The van der Waals surface area contributed by atoms with Gasteiger partial charge in [-0.25, -0.2) is 4.79 Å². The molecule has 0 unspecified atom stereocenters. The van der Waals surface area contributed by atoms with Crippen LogP contribution in [0, 0.1) is 5.92 Å². The maximum absolute atomic E-state index is 12.7. The van der Waals surface area contributed by atoms with E-state index in [0.717, 1.165) is 30.7 Å². The maximum Gasteiger partial charge on any atom is 0.338 e. The molecule has 0 radical (unpaired) electrons. The Kier molecular flexibility index (Phi) is 5.65. The lowest BCUT2D eigenvalue weighted by Gasteiger charge is -2.44. The van der Waals surface area contributed by atoms with Gasteiger partial charge in [0.1, 0.15) is 0 Å². The van der Waals surface area contributed by atoms with E-state index in [0.29, 0.717) is 17.6 Å². The second-order valence-corrected chi connectivity index (χ2v) is 8.09. The molecule has 1 aromatic rings. The third-order valence-electron chi connectivity index (χ3n) is 6.30. The van der Waals surface area contributed by atoms with Crippen molar-refractivity contribution in [3.8, 4) is 0 Å². The van der Waals surface area contributed by atoms with Crippen molar-refractivity contribution < 1.29 is 23.9 Å². The van der Waals surface area contributed by atoms with Crippen molar-refractivity contribution in [1.82, 2.24) is 4.90 Å². The molecule has 7 heteroatoms. The fourth-order valence-electron chi connectivity index (χ4n) is 4.84. The summed E-state index contributed by atoms with van der Waals surface area (Å²) in [7, 11) is 0. The van der Waals surface area contributed by atoms with E-state index >= 15 is 0 Å². The van der Waals surface area contributed by atoms with Crippen molar-refractivity contribution >= 4 is 29.4 Å². The third kappa shape index (κ3) is 4.04. The average Bonchev–Trinajstić information content (AvgIpc) is 3.09. The largest absolute Gasteiger partial charge is 0.452 e. The average molecular weight is 398 g/mol. The molecule has 2 aliphatic heterocycles. The molecule has 3 aliphatic rings. The van der Waals surface area contributed by atoms with Gasteiger partial charge in [-0.2, -0.15) is 0 Å². The van der Waals surface area contributed by atoms with E-state index in [-0.39, 0.29) is 42.7 Å². The van der Waals surface area contributed by atoms with E-state index < -0.39 is 5.97 Å². The number of likely N-dealkylation sites (tertiary alicyclic amines) is 1. The van der Waals surface area contributed by atoms with Crippen LogP contribution < -0.4 is 4.90 Å². The number of rotatable bonds is 4. The summed E-state index contributed by atoms with van der Waals surface area (Å²) in [6.45, 7) is 0.483. The zero-order valence-electron chi connectivity index (χ0n) is 16.5. The van der Waals surface area contributed by atoms with Crippen LogP contribution in [-0.4, -0.2) is 47.8 Å². The standard InChI is InChI=1S/C22H26N2O5/c25-19-11-12-20(26)24(19)17-9-7-16(8-10-17)22(28)29-14-21(27)23-13-3-5-15-4-1-2-6-18(15)23/h7-10,15,18H,1-6,11-14H2/t15-,18-/m0/s1. The summed E-state index contributed by atoms with van der Waals surface area (Å²) >= 11 is 0. The number of imide groups is 1. The molecule has 3 amide bonds. The summed E-state index contributed by atoms with van der Waals surface area (Å²) in [5, 5.41) is 0. The Morgan fingerprint density at radius 2 is 1.59 bits per heavy atom. The quantitative estimate of drug-likeness (QED) is 0.575. The first-order valence-corrected chi connectivity index (χ1v) is 10.5. The van der Waals surface area contributed by atoms with Crippen molar-refractivity contribution in [3.05, 3.63) is 29.8 Å². The number of amides is 3. The van der Waals surface area contributed by atoms with Crippen LogP contribution in [0.15, 0.2) is 24.3 Å². The van der Waals surface area contributed by atoms with E-state index in [9.17, 15) is 19.2 Å². The lowest BCUT2D eigenvalue weighted by Crippen LogP contribution is -2.50. The minimum Gasteiger partial charge on any atom is -0.452 e. The Morgan fingerprint density at radius 1 is 0.931 bits per heavy atom. The van der Waals surface area contributed by atoms with Gasteiger partial charge in [0.15, 0.2) is 6.61 Å². The van der Waals surface area contributed by atoms with Gasteiger partial charge in [-0.1, -0.05) is 12.8 Å². The lowest BCUT2D eigenvalue weighted by atomic mass is 9.78. The van der Waals surface area contributed by atoms with Gasteiger partial charge in [-0.3, -0.25) is 19.3 Å². The molecule has 0 bridgehead atoms. The predicted octanol–water partition coefficient (Wildman–Crippen LogP) is 2.68. The Balaban J connectivity index is 1.34. The van der Waals surface area contributed by atoms with Crippen molar-refractivity contribution in [2.24, 2.45) is 5.92 Å². The van der Waals surface area contributed by atoms with E-state index in [1.54, 1.807) is 12.1 Å². The summed E-state index contributed by atoms with van der Waals surface area (Å²) in [6, 6.07) is 6.42. The Bertz CT molecular complexity index is 801. The molecular formula is C22H26N2O5. The summed E-state index contributed by atoms with van der Waals surface area (Å²) in [5.74, 6) is -0.598. The van der Waals surface area contributed by atoms with Gasteiger partial charge in [-0.05, 0) is 55.9 Å². The number of benzene rings is 1. The van der Waals surface area contributed by atoms with Crippen LogP contribution in [0.4, 0.5) is 5.69 Å². The molecule has 1 aromatic carbocycles. The summed E-state index contributed by atoms with van der Waals surface area (Å²) in [5.41, 5.74) is 0.733. The maximum atomic E-state index is 12.7. The summed E-state index contributed by atoms with van der Waals surface area (Å²) in [6.07, 6.45) is 7.23. The number of piperidine rings is 1. The molecule has 0 N–H and O–H groups in total. The smallest absolute Gasteiger partial charge is 0.338 e. The second-order valence-electron chi connectivity index (χ2n) is 8.09. The zero-order valence-corrected chi connectivity index (χ0v) is 16.5. The number of hydrogen-bond acceptors (Lipinski definition) is 5. The summed E-state index contributed by atoms with van der Waals surface area (Å²) in [4.78, 5) is 51.6. The molecule has 7 nitrogen and oxygen atoms in total. The van der Waals surface area contributed by atoms with Crippen LogP contribution in [-0.2, 0) is 19.1 Å². The fourth-order valence-corrected chi connectivity index (χ4v) is 4.84. The van der Waals surface area contributed by atoms with Crippen molar-refractivity contribution in [2.45, 2.75) is 57.4 Å². The highest BCUT2D eigenvalue weighted by Gasteiger charge is 2.36. The molecule has 2 saturated heterocycles. The molecule has 2 heterocycles. The van der Waals surface area contributed by atoms with Gasteiger partial charge in [0, 0.05) is 25.4 Å². The lowest BCUT2D eigenvalue weighted by molar-refractivity contribution is -0.141. The van der Waals surface area contributed by atoms with Gasteiger partial charge in [0.25, 0.3) is 5.91 Å². The van der Waals surface area contributed by atoms with Crippen molar-refractivity contribution in [1.29, 1.82) is 0 Å². The Morgan fingerprint density at radius 3 is 2.31 bits per heavy atom. The van der Waals surface area contributed by atoms with Gasteiger partial charge in [0.05, 0.1) is 11.3 Å². The van der Waals surface area contributed by atoms with Crippen LogP contribution in [0.2, 0.25) is 0 Å². The number of carbonyl (C=O) groups is 4. The molecule has 29 heavy (non-hydrogen) atoms. The fraction of sp³-hybridized carbons (Fsp3) is 0.545. The van der Waals surface area contributed by atoms with Crippen molar-refractivity contribution in [3.63, 3.8) is 0 Å². The third-order valence-corrected chi connectivity index (χ3v) is 6.30. The highest BCUT2D eigenvalue weighted by atomic mass is 16.5. The topological polar surface area (TPSA) is 84.0 Å². The van der Waals surface area contributed by atoms with Crippen LogP contribution in [0.25, 0.3) is 0 Å². The highest BCUT2D eigenvalue weighted by molar-refractivity contribution is 6.19. The van der Waals surface area contributed by atoms with Gasteiger partial charge in [0.2, 0.25) is 11.8 Å². The van der Waals surface area contributed by atoms with Gasteiger partial charge >= 0.3 is 5.97 Å². The number of hydrogen-bond donors (Lipinski definition) is 0. The van der Waals surface area contributed by atoms with E-state index in [1.165, 1.54) is 31.4 Å². The van der Waals surface area contributed by atoms with Crippen LogP contribution >= 0.6 is 0 Å². The molecular weight excluding hydrogens is 372 g/mol. The number of esters is 1. The molecule has 3 fully saturated rings. The SMILES string of the molecule is O=C(OCC(=O)N1CCC[C@@H]2CCCC[C@@H]21)c1ccc(N2C(=O)CCC2=O)cc1. The van der Waals surface area contributed by atoms with Gasteiger partial charge < -0.3 is 9.64 Å². The zero-order chi connectivity index (χ0) is 20.4. The molecule has 1 saturated carbocycles. The van der Waals surface area contributed by atoms with Crippen LogP contribution in [0.1, 0.15) is 61.7 Å². The first kappa shape index (κ1) is 19.6. The molecule has 0 spiro atoms. The Labute approximate surface area is 170 Å². The van der Waals surface area contributed by atoms with E-state index in [1.807, 2.05) is 4.90 Å². The number of fused-ring (bicyclic) bond motifs is 1. The van der Waals surface area contributed by atoms with Gasteiger partial charge in [-0.15, -0.1) is 0 Å². The van der Waals surface area contributed by atoms with E-state index in [4.69, 9.17) is 4.74 Å². The van der Waals surface area contributed by atoms with Crippen LogP contribution in [0.3, 0.4) is 0 Å². The number of ether oxygens (including phenoxy) is 1. The number of nitrogens with zero attached hydrogens (tertiary/aromatic N) is 2. The summed E-state index contributed by atoms with van der Waals surface area (Å²) < 4.78 is 5.25. The first-order chi connectivity index (χ1) is 14.0. The number of anilines is 1. The van der Waals surface area contributed by atoms with Crippen molar-refractivity contribution in [2.75, 3.05) is 18.1 Å². The minimum atomic E-state index is -0.582. The molecule has 4 rings (SSSR count). The molecule has 0 aromatic heterocycles. The van der Waals surface area contributed by atoms with E-state index in [2.05, 4.69) is 0 Å². The predicted molar refractivity (Wildman–Crippen MR) is 105 cm³/mol. The molecule has 2 atom stereocenters. The minimum absolute atomic E-state index is 0.125. The highest BCUT2D eigenvalue weighted by Crippen LogP contribution is 2.35. The van der Waals surface area contributed by atoms with Crippen LogP contribution in [0.5, 0.6) is 0 Å². The first-order valence-electron chi connectivity index (χ1n) is 10.5. The number of carbonyl (C=O) groups excluding carboxylic acids is 4. The molecule has 1 aliphatic carbocycles.